The van der Waals surface area contributed by atoms with Crippen molar-refractivity contribution in [2.24, 2.45) is 4.99 Å². The molecule has 4 aromatic rings. The van der Waals surface area contributed by atoms with Crippen LogP contribution in [0.3, 0.4) is 0 Å². The number of rotatable bonds is 14. The van der Waals surface area contributed by atoms with Crippen LogP contribution >= 0.6 is 0 Å². The van der Waals surface area contributed by atoms with Crippen molar-refractivity contribution in [3.63, 3.8) is 0 Å². The second-order valence-electron chi connectivity index (χ2n) is 10.0. The highest BCUT2D eigenvalue weighted by Crippen LogP contribution is 2.24. The molecule has 0 heterocycles. The Hall–Kier alpha value is -4.18. The number of nitrogens with zero attached hydrogens (tertiary/aromatic N) is 1. The van der Waals surface area contributed by atoms with Gasteiger partial charge in [0.2, 0.25) is 0 Å². The van der Waals surface area contributed by atoms with Gasteiger partial charge in [-0.25, -0.2) is 4.79 Å². The van der Waals surface area contributed by atoms with Crippen LogP contribution in [0.25, 0.3) is 11.1 Å². The van der Waals surface area contributed by atoms with E-state index in [4.69, 9.17) is 9.47 Å². The molecule has 0 aliphatic rings. The van der Waals surface area contributed by atoms with Crippen LogP contribution in [0.4, 0.5) is 0 Å². The van der Waals surface area contributed by atoms with Crippen molar-refractivity contribution in [1.29, 1.82) is 0 Å². The van der Waals surface area contributed by atoms with E-state index in [1.807, 2.05) is 60.8 Å². The second kappa shape index (κ2) is 15.4. The van der Waals surface area contributed by atoms with Crippen molar-refractivity contribution in [1.82, 2.24) is 0 Å². The van der Waals surface area contributed by atoms with Crippen LogP contribution in [0.2, 0.25) is 0 Å². The molecule has 0 aliphatic carbocycles. The average molecular weight is 534 g/mol. The van der Waals surface area contributed by atoms with Gasteiger partial charge in [0.05, 0.1) is 18.2 Å². The van der Waals surface area contributed by atoms with Gasteiger partial charge in [-0.15, -0.1) is 0 Å². The van der Waals surface area contributed by atoms with Crippen molar-refractivity contribution >= 4 is 12.2 Å². The van der Waals surface area contributed by atoms with Gasteiger partial charge in [0, 0.05) is 6.21 Å². The Morgan fingerprint density at radius 2 is 1.32 bits per heavy atom. The highest BCUT2D eigenvalue weighted by Gasteiger charge is 2.09. The Kier molecular flexibility index (Phi) is 11.1. The molecule has 4 nitrogen and oxygen atoms in total. The van der Waals surface area contributed by atoms with Gasteiger partial charge < -0.3 is 9.47 Å². The molecule has 1 atom stereocenters. The smallest absolute Gasteiger partial charge is 0.343 e. The van der Waals surface area contributed by atoms with Crippen molar-refractivity contribution in [2.75, 3.05) is 6.61 Å². The molecule has 0 radical (unpaired) electrons. The van der Waals surface area contributed by atoms with Crippen LogP contribution in [0.15, 0.2) is 108 Å². The maximum absolute atomic E-state index is 12.7. The number of benzene rings is 4. The van der Waals surface area contributed by atoms with E-state index < -0.39 is 0 Å². The molecule has 0 bridgehead atoms. The third kappa shape index (κ3) is 8.94. The predicted molar refractivity (Wildman–Crippen MR) is 165 cm³/mol. The van der Waals surface area contributed by atoms with Gasteiger partial charge in [-0.05, 0) is 84.1 Å². The lowest BCUT2D eigenvalue weighted by Crippen LogP contribution is -2.08. The normalized spacial score (nSPS) is 11.8. The van der Waals surface area contributed by atoms with Crippen LogP contribution < -0.4 is 9.47 Å². The Bertz CT molecular complexity index is 1330. The predicted octanol–water partition coefficient (Wildman–Crippen LogP) is 9.49. The molecule has 0 saturated heterocycles. The summed E-state index contributed by atoms with van der Waals surface area (Å²) in [5, 5.41) is 0. The molecule has 0 amide bonds. The molecule has 0 spiro atoms. The first-order valence-electron chi connectivity index (χ1n) is 14.4. The fourth-order valence-corrected chi connectivity index (χ4v) is 4.42. The molecule has 0 N–H and O–H groups in total. The molecule has 4 heteroatoms. The summed E-state index contributed by atoms with van der Waals surface area (Å²) in [6.07, 6.45) is 9.36. The Morgan fingerprint density at radius 3 is 2.00 bits per heavy atom. The van der Waals surface area contributed by atoms with E-state index in [0.29, 0.717) is 11.3 Å². The molecule has 206 valence electrons. The lowest BCUT2D eigenvalue weighted by Gasteiger charge is -2.09. The summed E-state index contributed by atoms with van der Waals surface area (Å²) in [5.41, 5.74) is 4.73. The van der Waals surface area contributed by atoms with Crippen molar-refractivity contribution in [2.45, 2.75) is 58.4 Å². The van der Waals surface area contributed by atoms with Gasteiger partial charge in [0.25, 0.3) is 0 Å². The first-order valence-corrected chi connectivity index (χ1v) is 14.4. The van der Waals surface area contributed by atoms with Crippen molar-refractivity contribution in [3.05, 3.63) is 120 Å². The summed E-state index contributed by atoms with van der Waals surface area (Å²) in [4.78, 5) is 17.3. The zero-order chi connectivity index (χ0) is 28.0. The van der Waals surface area contributed by atoms with E-state index in [9.17, 15) is 4.79 Å². The van der Waals surface area contributed by atoms with Gasteiger partial charge in [-0.1, -0.05) is 93.6 Å². The Morgan fingerprint density at radius 1 is 0.725 bits per heavy atom. The number of carbonyl (C=O) groups excluding carboxylic acids is 1. The number of hydrogen-bond donors (Lipinski definition) is 0. The molecule has 4 aromatic carbocycles. The van der Waals surface area contributed by atoms with Crippen molar-refractivity contribution in [3.8, 4) is 22.6 Å². The molecule has 0 aliphatic heterocycles. The van der Waals surface area contributed by atoms with E-state index in [1.54, 1.807) is 24.3 Å². The van der Waals surface area contributed by atoms with Gasteiger partial charge >= 0.3 is 5.97 Å². The molecular weight excluding hydrogens is 494 g/mol. The summed E-state index contributed by atoms with van der Waals surface area (Å²) in [6.45, 7) is 5.06. The Balaban J connectivity index is 1.25. The SMILES string of the molecule is CCCCCCCCOc1ccc(-c2ccc(C(=O)Oc3ccc(C=N[C@H](C)c4ccccc4)cc3)cc2)cc1. The summed E-state index contributed by atoms with van der Waals surface area (Å²) in [6, 6.07) is 33.2. The van der Waals surface area contributed by atoms with E-state index in [0.717, 1.165) is 35.5 Å². The number of aliphatic imine (C=N–C) groups is 1. The number of hydrogen-bond acceptors (Lipinski definition) is 4. The molecule has 0 saturated carbocycles. The topological polar surface area (TPSA) is 47.9 Å². The van der Waals surface area contributed by atoms with Gasteiger partial charge in [0.15, 0.2) is 0 Å². The minimum absolute atomic E-state index is 0.0721. The van der Waals surface area contributed by atoms with Gasteiger partial charge in [-0.3, -0.25) is 4.99 Å². The monoisotopic (exact) mass is 533 g/mol. The molecule has 0 fully saturated rings. The Labute approximate surface area is 238 Å². The zero-order valence-electron chi connectivity index (χ0n) is 23.6. The van der Waals surface area contributed by atoms with Gasteiger partial charge in [0.1, 0.15) is 11.5 Å². The van der Waals surface area contributed by atoms with Crippen LogP contribution in [0.5, 0.6) is 11.5 Å². The summed E-state index contributed by atoms with van der Waals surface area (Å²) in [7, 11) is 0. The molecule has 0 aromatic heterocycles. The third-order valence-corrected chi connectivity index (χ3v) is 6.89. The minimum Gasteiger partial charge on any atom is -0.494 e. The molecular formula is C36H39NO3. The van der Waals surface area contributed by atoms with Gasteiger partial charge in [-0.2, -0.15) is 0 Å². The molecule has 4 rings (SSSR count). The van der Waals surface area contributed by atoms with Crippen LogP contribution in [-0.2, 0) is 0 Å². The summed E-state index contributed by atoms with van der Waals surface area (Å²) in [5.74, 6) is 1.00. The minimum atomic E-state index is -0.385. The first kappa shape index (κ1) is 28.8. The maximum Gasteiger partial charge on any atom is 0.343 e. The average Bonchev–Trinajstić information content (AvgIpc) is 3.01. The van der Waals surface area contributed by atoms with Crippen LogP contribution in [0, 0.1) is 0 Å². The quantitative estimate of drug-likeness (QED) is 0.0702. The fourth-order valence-electron chi connectivity index (χ4n) is 4.42. The van der Waals surface area contributed by atoms with E-state index in [2.05, 4.69) is 43.1 Å². The highest BCUT2D eigenvalue weighted by molar-refractivity contribution is 5.91. The second-order valence-corrected chi connectivity index (χ2v) is 10.0. The standard InChI is InChI=1S/C36H39NO3/c1-3-4-5-6-7-11-26-39-34-24-20-32(21-25-34)31-16-18-33(19-17-31)36(38)40-35-22-14-29(15-23-35)27-37-28(2)30-12-9-8-10-13-30/h8-10,12-25,27-28H,3-7,11,26H2,1-2H3/t28-/m1/s1. The molecule has 40 heavy (non-hydrogen) atoms. The lowest BCUT2D eigenvalue weighted by atomic mass is 10.0. The molecule has 0 unspecified atom stereocenters. The number of esters is 1. The van der Waals surface area contributed by atoms with E-state index >= 15 is 0 Å². The lowest BCUT2D eigenvalue weighted by molar-refractivity contribution is 0.0735. The third-order valence-electron chi connectivity index (χ3n) is 6.89. The largest absolute Gasteiger partial charge is 0.494 e. The van der Waals surface area contributed by atoms with Crippen molar-refractivity contribution < 1.29 is 14.3 Å². The zero-order valence-corrected chi connectivity index (χ0v) is 23.6. The number of unbranched alkanes of at least 4 members (excludes halogenated alkanes) is 5. The number of carbonyl (C=O) groups is 1. The fraction of sp³-hybridized carbons (Fsp3) is 0.278. The van der Waals surface area contributed by atoms with E-state index in [1.165, 1.54) is 37.7 Å². The maximum atomic E-state index is 12.7. The summed E-state index contributed by atoms with van der Waals surface area (Å²) >= 11 is 0. The number of ether oxygens (including phenoxy) is 2. The highest BCUT2D eigenvalue weighted by atomic mass is 16.5. The summed E-state index contributed by atoms with van der Waals surface area (Å²) < 4.78 is 11.5. The van der Waals surface area contributed by atoms with Crippen LogP contribution in [0.1, 0.15) is 79.9 Å². The van der Waals surface area contributed by atoms with E-state index in [-0.39, 0.29) is 12.0 Å². The first-order chi connectivity index (χ1) is 19.6. The van der Waals surface area contributed by atoms with Crippen LogP contribution in [-0.4, -0.2) is 18.8 Å².